The van der Waals surface area contributed by atoms with Gasteiger partial charge < -0.3 is 34.3 Å². The molecule has 2 saturated heterocycles. The first-order valence-electron chi connectivity index (χ1n) is 9.87. The van der Waals surface area contributed by atoms with E-state index in [1.165, 1.54) is 21.1 Å². The Kier molecular flexibility index (Phi) is 3.93. The molecule has 9 atom stereocenters. The van der Waals surface area contributed by atoms with Crippen LogP contribution in [-0.2, 0) is 19.0 Å². The summed E-state index contributed by atoms with van der Waals surface area (Å²) >= 11 is 0. The van der Waals surface area contributed by atoms with Crippen LogP contribution in [0.5, 0.6) is 5.75 Å². The monoisotopic (exact) mass is 420 g/mol. The molecule has 30 heavy (non-hydrogen) atoms. The molecule has 0 amide bonds. The Morgan fingerprint density at radius 3 is 2.43 bits per heavy atom. The number of hydrogen-bond acceptors (Lipinski definition) is 9. The molecule has 2 aliphatic carbocycles. The highest BCUT2D eigenvalue weighted by Gasteiger charge is 2.92. The fourth-order valence-electron chi connectivity index (χ4n) is 5.66. The number of aliphatic hydroxyl groups excluding tert-OH is 2. The average molecular weight is 420 g/mol. The molecule has 5 rings (SSSR count). The second-order valence-corrected chi connectivity index (χ2v) is 8.58. The number of rotatable bonds is 4. The number of Topliss-reactive ketones (excluding diaryl/α,β-unsaturated/α-hetero) is 2. The van der Waals surface area contributed by atoms with Gasteiger partial charge in [0.2, 0.25) is 5.78 Å². The Labute approximate surface area is 172 Å². The van der Waals surface area contributed by atoms with E-state index < -0.39 is 64.8 Å². The third-order valence-corrected chi connectivity index (χ3v) is 7.40. The van der Waals surface area contributed by atoms with Crippen molar-refractivity contribution in [3.63, 3.8) is 0 Å². The molecule has 0 aromatic heterocycles. The van der Waals surface area contributed by atoms with E-state index in [9.17, 15) is 24.9 Å². The zero-order chi connectivity index (χ0) is 21.8. The molecule has 9 heteroatoms. The maximum atomic E-state index is 13.5. The van der Waals surface area contributed by atoms with E-state index in [1.807, 2.05) is 0 Å². The predicted molar refractivity (Wildman–Crippen MR) is 99.1 cm³/mol. The number of fused-ring (bicyclic) bond motifs is 1. The summed E-state index contributed by atoms with van der Waals surface area (Å²) in [6, 6.07) is 4.84. The van der Waals surface area contributed by atoms with Crippen LogP contribution in [0.3, 0.4) is 0 Å². The van der Waals surface area contributed by atoms with Gasteiger partial charge in [0, 0.05) is 24.2 Å². The van der Waals surface area contributed by atoms with Crippen molar-refractivity contribution in [1.82, 2.24) is 0 Å². The third-order valence-electron chi connectivity index (χ3n) is 7.40. The first-order chi connectivity index (χ1) is 14.1. The van der Waals surface area contributed by atoms with Crippen molar-refractivity contribution in [2.24, 2.45) is 5.92 Å². The smallest absolute Gasteiger partial charge is 0.201 e. The van der Waals surface area contributed by atoms with Crippen molar-refractivity contribution in [3.8, 4) is 5.75 Å². The number of carbonyl (C=O) groups excluding carboxylic acids is 2. The van der Waals surface area contributed by atoms with Gasteiger partial charge in [-0.1, -0.05) is 19.1 Å². The maximum absolute atomic E-state index is 13.5. The van der Waals surface area contributed by atoms with Gasteiger partial charge in [-0.15, -0.1) is 0 Å². The molecule has 1 aromatic rings. The fourth-order valence-corrected chi connectivity index (χ4v) is 5.66. The van der Waals surface area contributed by atoms with Gasteiger partial charge in [0.05, 0.1) is 19.3 Å². The molecule has 2 aliphatic heterocycles. The zero-order valence-electron chi connectivity index (χ0n) is 17.0. The van der Waals surface area contributed by atoms with Crippen LogP contribution in [0.25, 0.3) is 0 Å². The molecule has 0 spiro atoms. The Hall–Kier alpha value is -1.88. The number of ketones is 2. The van der Waals surface area contributed by atoms with Crippen molar-refractivity contribution in [2.75, 3.05) is 14.2 Å². The molecule has 9 nitrogen and oxygen atoms in total. The number of carbonyl (C=O) groups is 2. The lowest BCUT2D eigenvalue weighted by atomic mass is 9.55. The zero-order valence-corrected chi connectivity index (χ0v) is 17.0. The summed E-state index contributed by atoms with van der Waals surface area (Å²) in [4.78, 5) is 26.6. The van der Waals surface area contributed by atoms with E-state index in [1.54, 1.807) is 25.1 Å². The number of ether oxygens (including phenoxy) is 4. The van der Waals surface area contributed by atoms with Gasteiger partial charge in [0.25, 0.3) is 0 Å². The van der Waals surface area contributed by atoms with Crippen molar-refractivity contribution in [2.45, 2.75) is 61.2 Å². The van der Waals surface area contributed by atoms with E-state index in [0.717, 1.165) is 0 Å². The quantitative estimate of drug-likeness (QED) is 0.553. The van der Waals surface area contributed by atoms with Gasteiger partial charge in [-0.05, 0) is 13.0 Å². The van der Waals surface area contributed by atoms with Crippen LogP contribution in [0.15, 0.2) is 18.2 Å². The molecular formula is C21H24O9. The van der Waals surface area contributed by atoms with Crippen LogP contribution in [0, 0.1) is 5.92 Å². The van der Waals surface area contributed by atoms with Crippen molar-refractivity contribution < 1.29 is 43.9 Å². The summed E-state index contributed by atoms with van der Waals surface area (Å²) in [5.41, 5.74) is -5.51. The average Bonchev–Trinajstić information content (AvgIpc) is 3.65. The van der Waals surface area contributed by atoms with Crippen LogP contribution < -0.4 is 4.74 Å². The Bertz CT molecular complexity index is 962. The first-order valence-corrected chi connectivity index (χ1v) is 9.87. The molecular weight excluding hydrogens is 396 g/mol. The number of benzene rings is 1. The van der Waals surface area contributed by atoms with Crippen LogP contribution in [-0.4, -0.2) is 82.3 Å². The number of aliphatic hydroxyl groups is 3. The first kappa shape index (κ1) is 20.0. The van der Waals surface area contributed by atoms with Gasteiger partial charge in [-0.2, -0.15) is 0 Å². The van der Waals surface area contributed by atoms with Crippen LogP contribution in [0.1, 0.15) is 35.9 Å². The van der Waals surface area contributed by atoms with Crippen LogP contribution in [0.2, 0.25) is 0 Å². The second-order valence-electron chi connectivity index (χ2n) is 8.58. The number of methoxy groups -OCH3 is 2. The van der Waals surface area contributed by atoms with Crippen LogP contribution >= 0.6 is 0 Å². The summed E-state index contributed by atoms with van der Waals surface area (Å²) in [7, 11) is 2.79. The van der Waals surface area contributed by atoms with E-state index in [4.69, 9.17) is 18.9 Å². The van der Waals surface area contributed by atoms with Crippen molar-refractivity contribution >= 4 is 11.6 Å². The molecule has 0 radical (unpaired) electrons. The van der Waals surface area contributed by atoms with Gasteiger partial charge >= 0.3 is 0 Å². The highest BCUT2D eigenvalue weighted by atomic mass is 16.7. The highest BCUT2D eigenvalue weighted by Crippen LogP contribution is 2.71. The third kappa shape index (κ3) is 1.90. The van der Waals surface area contributed by atoms with Gasteiger partial charge in [-0.25, -0.2) is 0 Å². The molecule has 4 aliphatic rings. The molecule has 162 valence electrons. The minimum Gasteiger partial charge on any atom is -0.496 e. The SMILES string of the molecule is COc1cccc2c1[C@H](OC)C13O[C@@]1(C2=O)[C@H](O)[C@H](C)[C@@](O)(C(=O)[C@@H]1O[C@H]1C)[C@@H]3O. The van der Waals surface area contributed by atoms with Gasteiger partial charge in [-0.3, -0.25) is 9.59 Å². The molecule has 1 unspecified atom stereocenters. The van der Waals surface area contributed by atoms with E-state index in [2.05, 4.69) is 0 Å². The van der Waals surface area contributed by atoms with E-state index >= 15 is 0 Å². The number of epoxide rings is 2. The lowest BCUT2D eigenvalue weighted by Gasteiger charge is -2.50. The molecule has 1 aromatic carbocycles. The molecule has 3 N–H and O–H groups in total. The van der Waals surface area contributed by atoms with Gasteiger partial charge in [0.1, 0.15) is 24.1 Å². The molecule has 0 bridgehead atoms. The highest BCUT2D eigenvalue weighted by molar-refractivity contribution is 6.11. The fraction of sp³-hybridized carbons (Fsp3) is 0.619. The predicted octanol–water partition coefficient (Wildman–Crippen LogP) is -0.454. The van der Waals surface area contributed by atoms with Crippen LogP contribution in [0.4, 0.5) is 0 Å². The Morgan fingerprint density at radius 2 is 1.87 bits per heavy atom. The van der Waals surface area contributed by atoms with E-state index in [-0.39, 0.29) is 5.56 Å². The molecule has 1 saturated carbocycles. The molecule has 3 fully saturated rings. The van der Waals surface area contributed by atoms with Gasteiger partial charge in [0.15, 0.2) is 22.6 Å². The number of hydrogen-bond donors (Lipinski definition) is 3. The summed E-state index contributed by atoms with van der Waals surface area (Å²) in [6.07, 6.45) is -5.79. The Balaban J connectivity index is 1.72. The normalized spacial score (nSPS) is 48.3. The second kappa shape index (κ2) is 5.87. The minimum atomic E-state index is -2.40. The van der Waals surface area contributed by atoms with E-state index in [0.29, 0.717) is 11.3 Å². The largest absolute Gasteiger partial charge is 0.496 e. The topological polar surface area (TPSA) is 138 Å². The standard InChI is InChI=1S/C21H24O9/c1-8-14(22)20-15(23)10-6-5-7-11(27-3)12(10)17(28-4)21(20,30-20)18(25)19(8,26)16(24)13-9(2)29-13/h5-9,13-14,17-18,22,25-26H,1-4H3/t8-,9-,13+,14+,17-,18-,19+,20+,21?/m0/s1. The lowest BCUT2D eigenvalue weighted by molar-refractivity contribution is -0.200. The van der Waals surface area contributed by atoms with Crippen molar-refractivity contribution in [3.05, 3.63) is 29.3 Å². The summed E-state index contributed by atoms with van der Waals surface area (Å²) in [5.74, 6) is -2.16. The Morgan fingerprint density at radius 1 is 1.20 bits per heavy atom. The summed E-state index contributed by atoms with van der Waals surface area (Å²) in [5, 5.41) is 34.1. The summed E-state index contributed by atoms with van der Waals surface area (Å²) < 4.78 is 22.2. The molecule has 2 heterocycles. The maximum Gasteiger partial charge on any atom is 0.201 e. The summed E-state index contributed by atoms with van der Waals surface area (Å²) in [6.45, 7) is 3.08. The minimum absolute atomic E-state index is 0.240. The van der Waals surface area contributed by atoms with Crippen molar-refractivity contribution in [1.29, 1.82) is 0 Å². The lowest BCUT2D eigenvalue weighted by Crippen LogP contribution is -2.74.